The Kier molecular flexibility index (Phi) is 6.98. The molecule has 1 N–H and O–H groups in total. The van der Waals surface area contributed by atoms with Gasteiger partial charge in [0.15, 0.2) is 5.13 Å². The Balaban J connectivity index is 0.00000112. The monoisotopic (exact) mass is 438 g/mol. The van der Waals surface area contributed by atoms with Crippen LogP contribution in [0.15, 0.2) is 48.7 Å². The molecule has 5 rings (SSSR count). The topological polar surface area (TPSA) is 41.0 Å². The third kappa shape index (κ3) is 5.13. The highest BCUT2D eigenvalue weighted by Gasteiger charge is 2.41. The SMILES string of the molecule is CC.CN1CC2CCC(Cc3cccc(Nc4ncc(-c5ccc(F)cc5)s4)n3)C2C1. The van der Waals surface area contributed by atoms with Crippen LogP contribution < -0.4 is 5.32 Å². The first-order valence-corrected chi connectivity index (χ1v) is 12.1. The number of fused-ring (bicyclic) bond motifs is 1. The largest absolute Gasteiger partial charge is 0.316 e. The number of hydrogen-bond acceptors (Lipinski definition) is 5. The molecule has 3 aromatic rings. The molecular formula is C25H31FN4S. The second-order valence-electron chi connectivity index (χ2n) is 8.36. The smallest absolute Gasteiger partial charge is 0.188 e. The molecule has 0 spiro atoms. The van der Waals surface area contributed by atoms with E-state index < -0.39 is 0 Å². The van der Waals surface area contributed by atoms with Gasteiger partial charge in [-0.15, -0.1) is 0 Å². The maximum atomic E-state index is 13.1. The maximum absolute atomic E-state index is 13.1. The van der Waals surface area contributed by atoms with Gasteiger partial charge in [-0.25, -0.2) is 14.4 Å². The average Bonchev–Trinajstić information content (AvgIpc) is 3.48. The number of halogens is 1. The normalized spacial score (nSPS) is 22.6. The molecule has 1 aliphatic heterocycles. The second-order valence-corrected chi connectivity index (χ2v) is 9.39. The zero-order valence-electron chi connectivity index (χ0n) is 18.5. The van der Waals surface area contributed by atoms with Crippen LogP contribution in [0.1, 0.15) is 32.4 Å². The highest BCUT2D eigenvalue weighted by atomic mass is 32.1. The Hall–Kier alpha value is -2.31. The fourth-order valence-corrected chi connectivity index (χ4v) is 5.80. The second kappa shape index (κ2) is 9.88. The van der Waals surface area contributed by atoms with Crippen molar-refractivity contribution in [3.05, 3.63) is 60.2 Å². The number of anilines is 2. The van der Waals surface area contributed by atoms with Gasteiger partial charge in [0.05, 0.1) is 4.88 Å². The molecule has 2 aliphatic rings. The minimum absolute atomic E-state index is 0.226. The number of thiazole rings is 1. The minimum atomic E-state index is -0.226. The molecule has 1 saturated heterocycles. The van der Waals surface area contributed by atoms with E-state index in [2.05, 4.69) is 34.4 Å². The predicted octanol–water partition coefficient (Wildman–Crippen LogP) is 6.24. The summed E-state index contributed by atoms with van der Waals surface area (Å²) >= 11 is 1.55. The Morgan fingerprint density at radius 1 is 1.10 bits per heavy atom. The lowest BCUT2D eigenvalue weighted by molar-refractivity contribution is 0.329. The molecule has 1 saturated carbocycles. The number of nitrogens with zero attached hydrogens (tertiary/aromatic N) is 3. The van der Waals surface area contributed by atoms with E-state index in [1.807, 2.05) is 26.1 Å². The van der Waals surface area contributed by atoms with Crippen LogP contribution in [0, 0.1) is 23.6 Å². The zero-order chi connectivity index (χ0) is 21.8. The molecule has 3 heterocycles. The highest BCUT2D eigenvalue weighted by Crippen LogP contribution is 2.43. The van der Waals surface area contributed by atoms with Gasteiger partial charge in [-0.2, -0.15) is 0 Å². The lowest BCUT2D eigenvalue weighted by Crippen LogP contribution is -2.20. The van der Waals surface area contributed by atoms with Gasteiger partial charge in [0, 0.05) is 25.0 Å². The van der Waals surface area contributed by atoms with E-state index in [9.17, 15) is 4.39 Å². The lowest BCUT2D eigenvalue weighted by atomic mass is 9.89. The van der Waals surface area contributed by atoms with Crippen molar-refractivity contribution in [2.75, 3.05) is 25.5 Å². The van der Waals surface area contributed by atoms with Crippen LogP contribution in [-0.2, 0) is 6.42 Å². The highest BCUT2D eigenvalue weighted by molar-refractivity contribution is 7.18. The van der Waals surface area contributed by atoms with Crippen LogP contribution in [0.2, 0.25) is 0 Å². The first-order valence-electron chi connectivity index (χ1n) is 11.3. The van der Waals surface area contributed by atoms with E-state index in [1.165, 1.54) is 38.1 Å². The first-order chi connectivity index (χ1) is 15.1. The summed E-state index contributed by atoms with van der Waals surface area (Å²) in [5.41, 5.74) is 2.13. The minimum Gasteiger partial charge on any atom is -0.316 e. The third-order valence-electron chi connectivity index (χ3n) is 6.34. The van der Waals surface area contributed by atoms with Crippen LogP contribution in [0.25, 0.3) is 10.4 Å². The van der Waals surface area contributed by atoms with E-state index in [1.54, 1.807) is 23.5 Å². The maximum Gasteiger partial charge on any atom is 0.188 e. The number of nitrogens with one attached hydrogen (secondary N) is 1. The number of benzene rings is 1. The quantitative estimate of drug-likeness (QED) is 0.512. The van der Waals surface area contributed by atoms with Gasteiger partial charge < -0.3 is 10.2 Å². The van der Waals surface area contributed by atoms with E-state index >= 15 is 0 Å². The molecule has 0 radical (unpaired) electrons. The van der Waals surface area contributed by atoms with Crippen LogP contribution in [0.3, 0.4) is 0 Å². The van der Waals surface area contributed by atoms with Crippen molar-refractivity contribution in [2.45, 2.75) is 33.1 Å². The molecule has 1 aromatic carbocycles. The van der Waals surface area contributed by atoms with E-state index in [-0.39, 0.29) is 5.82 Å². The van der Waals surface area contributed by atoms with E-state index in [4.69, 9.17) is 4.98 Å². The molecule has 2 fully saturated rings. The summed E-state index contributed by atoms with van der Waals surface area (Å²) in [6, 6.07) is 12.7. The molecule has 1 aliphatic carbocycles. The summed E-state index contributed by atoms with van der Waals surface area (Å²) in [4.78, 5) is 12.8. The van der Waals surface area contributed by atoms with Gasteiger partial charge in [0.1, 0.15) is 11.6 Å². The number of pyridine rings is 1. The molecule has 4 nitrogen and oxygen atoms in total. The number of rotatable bonds is 5. The van der Waals surface area contributed by atoms with E-state index in [0.717, 1.165) is 51.3 Å². The number of aromatic nitrogens is 2. The van der Waals surface area contributed by atoms with Crippen molar-refractivity contribution in [3.8, 4) is 10.4 Å². The molecule has 31 heavy (non-hydrogen) atoms. The van der Waals surface area contributed by atoms with Gasteiger partial charge in [-0.05, 0) is 73.9 Å². The van der Waals surface area contributed by atoms with Crippen molar-refractivity contribution in [3.63, 3.8) is 0 Å². The van der Waals surface area contributed by atoms with Crippen molar-refractivity contribution in [1.29, 1.82) is 0 Å². The Morgan fingerprint density at radius 3 is 2.71 bits per heavy atom. The van der Waals surface area contributed by atoms with Crippen LogP contribution in [0.5, 0.6) is 0 Å². The Bertz CT molecular complexity index is 987. The summed E-state index contributed by atoms with van der Waals surface area (Å²) in [7, 11) is 2.24. The molecule has 0 bridgehead atoms. The third-order valence-corrected chi connectivity index (χ3v) is 7.30. The van der Waals surface area contributed by atoms with Gasteiger partial charge in [0.2, 0.25) is 0 Å². The summed E-state index contributed by atoms with van der Waals surface area (Å²) in [6.45, 7) is 6.50. The van der Waals surface area contributed by atoms with Crippen LogP contribution in [0.4, 0.5) is 15.3 Å². The summed E-state index contributed by atoms with van der Waals surface area (Å²) in [6.07, 6.45) is 5.57. The predicted molar refractivity (Wildman–Crippen MR) is 127 cm³/mol. The van der Waals surface area contributed by atoms with Crippen molar-refractivity contribution < 1.29 is 4.39 Å². The van der Waals surface area contributed by atoms with Gasteiger partial charge in [-0.1, -0.05) is 43.4 Å². The molecule has 0 amide bonds. The number of hydrogen-bond donors (Lipinski definition) is 1. The van der Waals surface area contributed by atoms with E-state index in [0.29, 0.717) is 0 Å². The first kappa shape index (κ1) is 21.9. The number of likely N-dealkylation sites (tertiary alicyclic amines) is 1. The summed E-state index contributed by atoms with van der Waals surface area (Å²) in [5, 5.41) is 4.14. The average molecular weight is 439 g/mol. The Morgan fingerprint density at radius 2 is 1.90 bits per heavy atom. The standard InChI is InChI=1S/C23H25FN4S.C2H6/c1-28-13-17-6-5-16(20(17)14-28)11-19-3-2-4-22(26-19)27-23-25-12-21(29-23)15-7-9-18(24)10-8-15;1-2/h2-4,7-10,12,16-17,20H,5-6,11,13-14H2,1H3,(H,25,26,27);1-2H3. The fourth-order valence-electron chi connectivity index (χ4n) is 4.97. The van der Waals surface area contributed by atoms with Gasteiger partial charge in [0.25, 0.3) is 0 Å². The summed E-state index contributed by atoms with van der Waals surface area (Å²) in [5.74, 6) is 3.07. The molecule has 3 atom stereocenters. The summed E-state index contributed by atoms with van der Waals surface area (Å²) < 4.78 is 13.1. The molecule has 3 unspecified atom stereocenters. The molecule has 6 heteroatoms. The molecule has 2 aromatic heterocycles. The van der Waals surface area contributed by atoms with Crippen LogP contribution >= 0.6 is 11.3 Å². The van der Waals surface area contributed by atoms with Crippen molar-refractivity contribution >= 4 is 22.3 Å². The Labute approximate surface area is 188 Å². The van der Waals surface area contributed by atoms with Crippen molar-refractivity contribution in [1.82, 2.24) is 14.9 Å². The van der Waals surface area contributed by atoms with Crippen LogP contribution in [-0.4, -0.2) is 35.0 Å². The van der Waals surface area contributed by atoms with Crippen molar-refractivity contribution in [2.24, 2.45) is 17.8 Å². The van der Waals surface area contributed by atoms with Gasteiger partial charge >= 0.3 is 0 Å². The lowest BCUT2D eigenvalue weighted by Gasteiger charge is -2.18. The fraction of sp³-hybridized carbons (Fsp3) is 0.440. The van der Waals surface area contributed by atoms with Gasteiger partial charge in [-0.3, -0.25) is 0 Å². The molecule has 164 valence electrons. The molecular weight excluding hydrogens is 407 g/mol. The zero-order valence-corrected chi connectivity index (χ0v) is 19.3.